The molecule has 1 aromatic carbocycles. The zero-order valence-corrected chi connectivity index (χ0v) is 8.54. The first-order valence-corrected chi connectivity index (χ1v) is 4.86. The van der Waals surface area contributed by atoms with Crippen molar-refractivity contribution in [2.75, 3.05) is 0 Å². The van der Waals surface area contributed by atoms with E-state index in [2.05, 4.69) is 4.98 Å². The maximum Gasteiger partial charge on any atom is 0.137 e. The molecular weight excluding hydrogens is 198 g/mol. The number of hydrogen-bond acceptors (Lipinski definition) is 2. The minimum Gasteiger partial charge on any atom is -0.506 e. The number of hydrogen-bond donors (Lipinski definition) is 1. The second-order valence-corrected chi connectivity index (χ2v) is 3.58. The van der Waals surface area contributed by atoms with Crippen LogP contribution in [0, 0.1) is 0 Å². The third-order valence-corrected chi connectivity index (χ3v) is 2.41. The molecule has 3 heteroatoms. The molecule has 0 radical (unpaired) electrons. The lowest BCUT2D eigenvalue weighted by Crippen LogP contribution is -1.88. The van der Waals surface area contributed by atoms with Crippen LogP contribution in [0.3, 0.4) is 0 Å². The summed E-state index contributed by atoms with van der Waals surface area (Å²) < 4.78 is 0. The Bertz CT molecular complexity index is 482. The van der Waals surface area contributed by atoms with Gasteiger partial charge in [0, 0.05) is 10.4 Å². The molecule has 0 aliphatic heterocycles. The monoisotopic (exact) mass is 207 g/mol. The number of aryl methyl sites for hydroxylation is 1. The summed E-state index contributed by atoms with van der Waals surface area (Å²) in [4.78, 5) is 4.32. The Morgan fingerprint density at radius 3 is 2.86 bits per heavy atom. The summed E-state index contributed by atoms with van der Waals surface area (Å²) in [6.45, 7) is 1.96. The fourth-order valence-corrected chi connectivity index (χ4v) is 1.60. The van der Waals surface area contributed by atoms with E-state index >= 15 is 0 Å². The van der Waals surface area contributed by atoms with Crippen LogP contribution in [0.5, 0.6) is 5.75 Å². The third kappa shape index (κ3) is 1.53. The highest BCUT2D eigenvalue weighted by molar-refractivity contribution is 6.31. The smallest absolute Gasteiger partial charge is 0.137 e. The molecule has 0 bridgehead atoms. The zero-order valence-electron chi connectivity index (χ0n) is 7.79. The van der Waals surface area contributed by atoms with Crippen molar-refractivity contribution in [3.63, 3.8) is 0 Å². The molecule has 1 aromatic heterocycles. The summed E-state index contributed by atoms with van der Waals surface area (Å²) in [5.41, 5.74) is 1.53. The Balaban J connectivity index is 2.73. The van der Waals surface area contributed by atoms with Gasteiger partial charge in [-0.3, -0.25) is 0 Å². The summed E-state index contributed by atoms with van der Waals surface area (Å²) in [7, 11) is 0. The summed E-state index contributed by atoms with van der Waals surface area (Å²) in [6.07, 6.45) is 0.717. The van der Waals surface area contributed by atoms with Gasteiger partial charge in [-0.15, -0.1) is 0 Å². The maximum absolute atomic E-state index is 9.58. The predicted octanol–water partition coefficient (Wildman–Crippen LogP) is 3.16. The van der Waals surface area contributed by atoms with Crippen LogP contribution in [0.4, 0.5) is 0 Å². The quantitative estimate of drug-likeness (QED) is 0.779. The summed E-state index contributed by atoms with van der Waals surface area (Å²) in [5.74, 6) is 0.252. The van der Waals surface area contributed by atoms with Crippen LogP contribution in [-0.4, -0.2) is 10.1 Å². The van der Waals surface area contributed by atoms with E-state index in [0.717, 1.165) is 10.9 Å². The Morgan fingerprint density at radius 2 is 2.14 bits per heavy atom. The van der Waals surface area contributed by atoms with Gasteiger partial charge >= 0.3 is 0 Å². The van der Waals surface area contributed by atoms with Gasteiger partial charge in [0.05, 0.1) is 11.2 Å². The van der Waals surface area contributed by atoms with E-state index in [-0.39, 0.29) is 5.75 Å². The predicted molar refractivity (Wildman–Crippen MR) is 57.8 cm³/mol. The highest BCUT2D eigenvalue weighted by Gasteiger charge is 2.03. The van der Waals surface area contributed by atoms with Crippen molar-refractivity contribution in [2.45, 2.75) is 13.3 Å². The van der Waals surface area contributed by atoms with Crippen molar-refractivity contribution in [3.8, 4) is 5.75 Å². The SMILES string of the molecule is CCc1nc2cc(Cl)ccc2cc1O. The molecule has 72 valence electrons. The molecular formula is C11H10ClNO. The fraction of sp³-hybridized carbons (Fsp3) is 0.182. The Morgan fingerprint density at radius 1 is 1.36 bits per heavy atom. The van der Waals surface area contributed by atoms with Gasteiger partial charge in [0.15, 0.2) is 0 Å². The third-order valence-electron chi connectivity index (χ3n) is 2.17. The number of halogens is 1. The Kier molecular flexibility index (Phi) is 2.30. The minimum atomic E-state index is 0.252. The van der Waals surface area contributed by atoms with Crippen molar-refractivity contribution in [3.05, 3.63) is 35.0 Å². The molecule has 2 nitrogen and oxygen atoms in total. The second-order valence-electron chi connectivity index (χ2n) is 3.14. The van der Waals surface area contributed by atoms with Crippen LogP contribution >= 0.6 is 11.6 Å². The number of fused-ring (bicyclic) bond motifs is 1. The van der Waals surface area contributed by atoms with Crippen LogP contribution in [0.25, 0.3) is 10.9 Å². The van der Waals surface area contributed by atoms with Gasteiger partial charge < -0.3 is 5.11 Å². The first-order chi connectivity index (χ1) is 6.70. The van der Waals surface area contributed by atoms with E-state index < -0.39 is 0 Å². The fourth-order valence-electron chi connectivity index (χ4n) is 1.43. The van der Waals surface area contributed by atoms with Gasteiger partial charge in [0.1, 0.15) is 5.75 Å². The second kappa shape index (κ2) is 3.46. The van der Waals surface area contributed by atoms with Gasteiger partial charge in [-0.05, 0) is 24.6 Å². The van der Waals surface area contributed by atoms with E-state index in [1.807, 2.05) is 13.0 Å². The topological polar surface area (TPSA) is 33.1 Å². The van der Waals surface area contributed by atoms with Crippen LogP contribution in [0.1, 0.15) is 12.6 Å². The molecule has 0 aliphatic carbocycles. The van der Waals surface area contributed by atoms with E-state index in [0.29, 0.717) is 17.1 Å². The summed E-state index contributed by atoms with van der Waals surface area (Å²) in [6, 6.07) is 7.16. The summed E-state index contributed by atoms with van der Waals surface area (Å²) >= 11 is 5.85. The molecule has 0 amide bonds. The number of aromatic hydroxyl groups is 1. The lowest BCUT2D eigenvalue weighted by molar-refractivity contribution is 0.466. The molecule has 1 N–H and O–H groups in total. The highest BCUT2D eigenvalue weighted by atomic mass is 35.5. The van der Waals surface area contributed by atoms with Crippen LogP contribution in [-0.2, 0) is 6.42 Å². The number of pyridine rings is 1. The van der Waals surface area contributed by atoms with E-state index in [1.165, 1.54) is 0 Å². The molecule has 0 saturated heterocycles. The van der Waals surface area contributed by atoms with Crippen LogP contribution < -0.4 is 0 Å². The molecule has 0 spiro atoms. The van der Waals surface area contributed by atoms with Gasteiger partial charge in [0.2, 0.25) is 0 Å². The number of aromatic nitrogens is 1. The lowest BCUT2D eigenvalue weighted by atomic mass is 10.1. The minimum absolute atomic E-state index is 0.252. The molecule has 2 aromatic rings. The molecule has 0 aliphatic rings. The van der Waals surface area contributed by atoms with Crippen molar-refractivity contribution in [2.24, 2.45) is 0 Å². The van der Waals surface area contributed by atoms with Crippen LogP contribution in [0.15, 0.2) is 24.3 Å². The molecule has 1 heterocycles. The van der Waals surface area contributed by atoms with E-state index in [1.54, 1.807) is 18.2 Å². The average molecular weight is 208 g/mol. The largest absolute Gasteiger partial charge is 0.506 e. The Labute approximate surface area is 87.2 Å². The standard InChI is InChI=1S/C11H10ClNO/c1-2-9-11(14)5-7-3-4-8(12)6-10(7)13-9/h3-6,14H,2H2,1H3. The zero-order chi connectivity index (χ0) is 10.1. The number of rotatable bonds is 1. The van der Waals surface area contributed by atoms with Crippen molar-refractivity contribution < 1.29 is 5.11 Å². The Hall–Kier alpha value is -1.28. The molecule has 14 heavy (non-hydrogen) atoms. The van der Waals surface area contributed by atoms with Crippen molar-refractivity contribution >= 4 is 22.5 Å². The van der Waals surface area contributed by atoms with E-state index in [4.69, 9.17) is 11.6 Å². The molecule has 0 atom stereocenters. The van der Waals surface area contributed by atoms with Crippen molar-refractivity contribution in [1.82, 2.24) is 4.98 Å². The maximum atomic E-state index is 9.58. The first-order valence-electron chi connectivity index (χ1n) is 4.49. The van der Waals surface area contributed by atoms with Crippen LogP contribution in [0.2, 0.25) is 5.02 Å². The van der Waals surface area contributed by atoms with Crippen molar-refractivity contribution in [1.29, 1.82) is 0 Å². The first kappa shape index (κ1) is 9.28. The lowest BCUT2D eigenvalue weighted by Gasteiger charge is -2.03. The van der Waals surface area contributed by atoms with Gasteiger partial charge in [0.25, 0.3) is 0 Å². The average Bonchev–Trinajstić information content (AvgIpc) is 2.17. The highest BCUT2D eigenvalue weighted by Crippen LogP contribution is 2.24. The number of benzene rings is 1. The van der Waals surface area contributed by atoms with Gasteiger partial charge in [-0.1, -0.05) is 24.6 Å². The van der Waals surface area contributed by atoms with Gasteiger partial charge in [-0.2, -0.15) is 0 Å². The van der Waals surface area contributed by atoms with Gasteiger partial charge in [-0.25, -0.2) is 4.98 Å². The molecule has 0 unspecified atom stereocenters. The molecule has 2 rings (SSSR count). The summed E-state index contributed by atoms with van der Waals surface area (Å²) in [5, 5.41) is 11.2. The van der Waals surface area contributed by atoms with E-state index in [9.17, 15) is 5.11 Å². The normalized spacial score (nSPS) is 10.7. The molecule has 0 fully saturated rings. The number of nitrogens with zero attached hydrogens (tertiary/aromatic N) is 1. The molecule has 0 saturated carbocycles.